The van der Waals surface area contributed by atoms with Crippen molar-refractivity contribution in [2.45, 2.75) is 31.3 Å². The number of nitrogens with zero attached hydrogens (tertiary/aromatic N) is 3. The Bertz CT molecular complexity index is 1110. The number of amides is 1. The quantitative estimate of drug-likeness (QED) is 0.377. The average Bonchev–Trinajstić information content (AvgIpc) is 3.22. The number of aromatic nitrogens is 3. The number of rotatable bonds is 8. The van der Waals surface area contributed by atoms with E-state index < -0.39 is 0 Å². The molecule has 0 aliphatic rings. The van der Waals surface area contributed by atoms with Crippen molar-refractivity contribution in [2.24, 2.45) is 0 Å². The van der Waals surface area contributed by atoms with Crippen molar-refractivity contribution in [3.63, 3.8) is 0 Å². The van der Waals surface area contributed by atoms with Crippen LogP contribution in [0.2, 0.25) is 0 Å². The molecule has 1 N–H and O–H groups in total. The predicted octanol–water partition coefficient (Wildman–Crippen LogP) is 5.44. The smallest absolute Gasteiger partial charge is 0.252 e. The Balaban J connectivity index is 1.90. The number of carbonyl (C=O) groups is 1. The number of hydrogen-bond acceptors (Lipinski definition) is 4. The topological polar surface area (TPSA) is 59.8 Å². The molecule has 0 bridgehead atoms. The molecule has 3 aromatic rings. The average molecular weight is 437 g/mol. The summed E-state index contributed by atoms with van der Waals surface area (Å²) < 4.78 is 14.9. The lowest BCUT2D eigenvalue weighted by molar-refractivity contribution is -0.116. The zero-order chi connectivity index (χ0) is 22.4. The van der Waals surface area contributed by atoms with Gasteiger partial charge in [-0.2, -0.15) is 5.10 Å². The molecule has 0 fully saturated rings. The van der Waals surface area contributed by atoms with Crippen LogP contribution in [0.15, 0.2) is 66.5 Å². The highest BCUT2D eigenvalue weighted by molar-refractivity contribution is 7.98. The zero-order valence-corrected chi connectivity index (χ0v) is 18.6. The number of pyridine rings is 1. The number of halogens is 1. The van der Waals surface area contributed by atoms with Gasteiger partial charge in [0.15, 0.2) is 0 Å². The minimum absolute atomic E-state index is 0.143. The van der Waals surface area contributed by atoms with Crippen LogP contribution in [0, 0.1) is 5.82 Å². The van der Waals surface area contributed by atoms with Gasteiger partial charge in [0.1, 0.15) is 5.82 Å². The van der Waals surface area contributed by atoms with Gasteiger partial charge in [-0.3, -0.25) is 4.79 Å². The molecule has 1 unspecified atom stereocenters. The third-order valence-electron chi connectivity index (χ3n) is 4.98. The van der Waals surface area contributed by atoms with Crippen LogP contribution in [0.5, 0.6) is 0 Å². The molecule has 0 saturated carbocycles. The highest BCUT2D eigenvalue weighted by Crippen LogP contribution is 2.26. The van der Waals surface area contributed by atoms with E-state index >= 15 is 0 Å². The number of carbonyl (C=O) groups excluding carboxylic acids is 1. The first-order chi connectivity index (χ1) is 15.0. The summed E-state index contributed by atoms with van der Waals surface area (Å²) in [5.41, 5.74) is 3.52. The monoisotopic (exact) mass is 436 g/mol. The first-order valence-electron chi connectivity index (χ1n) is 9.96. The third kappa shape index (κ3) is 4.94. The minimum Gasteiger partial charge on any atom is -0.345 e. The Hall–Kier alpha value is -3.19. The molecule has 0 radical (unpaired) electrons. The van der Waals surface area contributed by atoms with E-state index in [0.29, 0.717) is 22.5 Å². The van der Waals surface area contributed by atoms with Crippen LogP contribution in [0.1, 0.15) is 43.1 Å². The van der Waals surface area contributed by atoms with E-state index in [1.165, 1.54) is 12.1 Å². The molecule has 0 aliphatic heterocycles. The number of allylic oxidation sites excluding steroid dienone is 1. The molecule has 2 heterocycles. The summed E-state index contributed by atoms with van der Waals surface area (Å²) in [6.07, 6.45) is 9.51. The summed E-state index contributed by atoms with van der Waals surface area (Å²) in [6, 6.07) is 9.78. The summed E-state index contributed by atoms with van der Waals surface area (Å²) in [7, 11) is 0. The van der Waals surface area contributed by atoms with E-state index in [-0.39, 0.29) is 17.8 Å². The molecular formula is C24H25FN4OS. The second kappa shape index (κ2) is 10.2. The summed E-state index contributed by atoms with van der Waals surface area (Å²) in [5, 5.41) is 8.44. The fourth-order valence-corrected chi connectivity index (χ4v) is 3.79. The number of hydrogen-bond donors (Lipinski definition) is 1. The van der Waals surface area contributed by atoms with E-state index in [9.17, 15) is 9.18 Å². The number of nitrogens with one attached hydrogen (secondary N) is 1. The maximum Gasteiger partial charge on any atom is 0.252 e. The second-order valence-corrected chi connectivity index (χ2v) is 7.63. The maximum absolute atomic E-state index is 13.3. The third-order valence-corrected chi connectivity index (χ3v) is 5.62. The van der Waals surface area contributed by atoms with Crippen LogP contribution >= 0.6 is 11.8 Å². The molecular weight excluding hydrogens is 411 g/mol. The van der Waals surface area contributed by atoms with Crippen molar-refractivity contribution in [2.75, 3.05) is 6.26 Å². The first kappa shape index (κ1) is 22.5. The molecule has 0 aliphatic carbocycles. The normalized spacial score (nSPS) is 12.5. The molecule has 31 heavy (non-hydrogen) atoms. The molecule has 160 valence electrons. The van der Waals surface area contributed by atoms with Gasteiger partial charge in [0, 0.05) is 17.3 Å². The van der Waals surface area contributed by atoms with Crippen LogP contribution in [0.4, 0.5) is 4.39 Å². The van der Waals surface area contributed by atoms with Crippen molar-refractivity contribution in [1.82, 2.24) is 20.1 Å². The van der Waals surface area contributed by atoms with Crippen molar-refractivity contribution < 1.29 is 9.18 Å². The summed E-state index contributed by atoms with van der Waals surface area (Å²) >= 11 is 1.56. The molecule has 0 saturated heterocycles. The van der Waals surface area contributed by atoms with Crippen LogP contribution in [0.25, 0.3) is 17.3 Å². The summed E-state index contributed by atoms with van der Waals surface area (Å²) in [5.74, 6) is -0.519. The highest BCUT2D eigenvalue weighted by Gasteiger charge is 2.21. The Morgan fingerprint density at radius 3 is 2.68 bits per heavy atom. The first-order valence-corrected chi connectivity index (χ1v) is 11.2. The number of thioether (sulfide) groups is 1. The zero-order valence-electron chi connectivity index (χ0n) is 17.8. The molecule has 3 rings (SSSR count). The minimum atomic E-state index is -0.323. The van der Waals surface area contributed by atoms with Crippen LogP contribution in [-0.4, -0.2) is 26.9 Å². The van der Waals surface area contributed by atoms with Crippen LogP contribution < -0.4 is 5.32 Å². The summed E-state index contributed by atoms with van der Waals surface area (Å²) in [4.78, 5) is 17.5. The molecule has 2 aromatic heterocycles. The van der Waals surface area contributed by atoms with Gasteiger partial charge in [-0.25, -0.2) is 14.1 Å². The second-order valence-electron chi connectivity index (χ2n) is 6.80. The molecule has 1 aromatic carbocycles. The van der Waals surface area contributed by atoms with Gasteiger partial charge in [-0.05, 0) is 67.6 Å². The van der Waals surface area contributed by atoms with Gasteiger partial charge < -0.3 is 5.32 Å². The standard InChI is InChI=1S/C24H25FN4OS/c1-5-19(24(30)28-21(6-2)16-12-13-26-23(14-16)31-4)20-15-27-29(22(20)7-3)18-10-8-17(25)9-11-18/h5,7-15,21H,3,6H2,1-2,4H3,(H,28,30)/b19-5+. The molecule has 1 atom stereocenters. The SMILES string of the molecule is C=Cc1c(/C(=C\C)C(=O)NC(CC)c2ccnc(SC)c2)cnn1-c1ccc(F)cc1. The maximum atomic E-state index is 13.3. The van der Waals surface area contributed by atoms with Gasteiger partial charge in [-0.1, -0.05) is 19.6 Å². The summed E-state index contributed by atoms with van der Waals surface area (Å²) in [6.45, 7) is 7.73. The largest absolute Gasteiger partial charge is 0.345 e. The Morgan fingerprint density at radius 1 is 1.32 bits per heavy atom. The van der Waals surface area contributed by atoms with Gasteiger partial charge in [-0.15, -0.1) is 11.8 Å². The van der Waals surface area contributed by atoms with Crippen molar-refractivity contribution in [3.05, 3.63) is 84.1 Å². The van der Waals surface area contributed by atoms with Crippen molar-refractivity contribution in [1.29, 1.82) is 0 Å². The molecule has 1 amide bonds. The van der Waals surface area contributed by atoms with Crippen LogP contribution in [0.3, 0.4) is 0 Å². The van der Waals surface area contributed by atoms with Gasteiger partial charge >= 0.3 is 0 Å². The Labute approximate surface area is 186 Å². The van der Waals surface area contributed by atoms with E-state index in [4.69, 9.17) is 0 Å². The van der Waals surface area contributed by atoms with Crippen molar-refractivity contribution in [3.8, 4) is 5.69 Å². The predicted molar refractivity (Wildman–Crippen MR) is 124 cm³/mol. The van der Waals surface area contributed by atoms with Crippen molar-refractivity contribution >= 4 is 29.3 Å². The van der Waals surface area contributed by atoms with Gasteiger partial charge in [0.25, 0.3) is 5.91 Å². The lowest BCUT2D eigenvalue weighted by Gasteiger charge is -2.19. The van der Waals surface area contributed by atoms with E-state index in [1.807, 2.05) is 32.2 Å². The lowest BCUT2D eigenvalue weighted by Crippen LogP contribution is -2.29. The highest BCUT2D eigenvalue weighted by atomic mass is 32.2. The fraction of sp³-hybridized carbons (Fsp3) is 0.208. The number of benzene rings is 1. The van der Waals surface area contributed by atoms with E-state index in [1.54, 1.807) is 53.1 Å². The van der Waals surface area contributed by atoms with E-state index in [0.717, 1.165) is 17.0 Å². The van der Waals surface area contributed by atoms with E-state index in [2.05, 4.69) is 22.0 Å². The van der Waals surface area contributed by atoms with Gasteiger partial charge in [0.05, 0.1) is 28.6 Å². The molecule has 5 nitrogen and oxygen atoms in total. The van der Waals surface area contributed by atoms with Crippen LogP contribution in [-0.2, 0) is 4.79 Å². The fourth-order valence-electron chi connectivity index (χ4n) is 3.37. The molecule has 7 heteroatoms. The molecule has 0 spiro atoms. The van der Waals surface area contributed by atoms with Gasteiger partial charge in [0.2, 0.25) is 0 Å². The Morgan fingerprint density at radius 2 is 2.06 bits per heavy atom. The Kier molecular flexibility index (Phi) is 7.41. The lowest BCUT2D eigenvalue weighted by atomic mass is 10.0.